The maximum Gasteiger partial charge on any atom is 0.223 e. The first-order chi connectivity index (χ1) is 63.0. The van der Waals surface area contributed by atoms with Crippen molar-refractivity contribution in [3.05, 3.63) is 0 Å². The van der Waals surface area contributed by atoms with E-state index in [4.69, 9.17) is 0 Å². The van der Waals surface area contributed by atoms with Crippen molar-refractivity contribution in [3.63, 3.8) is 0 Å². The quantitative estimate of drug-likeness (QED) is 0.0252. The summed E-state index contributed by atoms with van der Waals surface area (Å²) in [4.78, 5) is 140. The number of nitrogens with one attached hydrogen (secondary N) is 13. The summed E-state index contributed by atoms with van der Waals surface area (Å²) < 4.78 is 0. The van der Waals surface area contributed by atoms with E-state index in [0.29, 0.717) is 125 Å². The van der Waals surface area contributed by atoms with E-state index in [-0.39, 0.29) is 143 Å². The van der Waals surface area contributed by atoms with Gasteiger partial charge in [-0.05, 0) is 212 Å². The molecule has 0 aromatic heterocycles. The Morgan fingerprint density at radius 3 is 0.694 bits per heavy atom. The summed E-state index contributed by atoms with van der Waals surface area (Å²) in [5.74, 6) is 2.81. The monoisotopic (exact) mass is 1900 g/mol. The van der Waals surface area contributed by atoms with Crippen LogP contribution in [0.4, 0.5) is 0 Å². The van der Waals surface area contributed by atoms with Gasteiger partial charge in [-0.2, -0.15) is 0 Å². The van der Waals surface area contributed by atoms with Gasteiger partial charge in [-0.25, -0.2) is 0 Å². The van der Waals surface area contributed by atoms with Gasteiger partial charge in [0.25, 0.3) is 0 Å². The Morgan fingerprint density at radius 1 is 0.194 bits per heavy atom. The molecular formula is C110H219N13O11. The summed E-state index contributed by atoms with van der Waals surface area (Å²) in [5, 5.41) is 41.9. The summed E-state index contributed by atoms with van der Waals surface area (Å²) in [7, 11) is 0. The van der Waals surface area contributed by atoms with Crippen molar-refractivity contribution in [3.8, 4) is 0 Å². The lowest BCUT2D eigenvalue weighted by Gasteiger charge is -2.24. The van der Waals surface area contributed by atoms with E-state index in [2.05, 4.69) is 208 Å². The molecule has 0 radical (unpaired) electrons. The average Bonchev–Trinajstić information content (AvgIpc) is 0.893. The highest BCUT2D eigenvalue weighted by Gasteiger charge is 2.32. The van der Waals surface area contributed by atoms with Crippen LogP contribution < -0.4 is 69.1 Å². The molecular weight excluding hydrogens is 1680 g/mol. The summed E-state index contributed by atoms with van der Waals surface area (Å²) in [5.41, 5.74) is 0. The molecule has 0 aromatic carbocycles. The largest absolute Gasteiger partial charge is 0.356 e. The summed E-state index contributed by atoms with van der Waals surface area (Å²) >= 11 is 0. The highest BCUT2D eigenvalue weighted by Crippen LogP contribution is 2.24. The first kappa shape index (κ1) is 135. The highest BCUT2D eigenvalue weighted by molar-refractivity contribution is 5.93. The predicted octanol–water partition coefficient (Wildman–Crippen LogP) is 20.2. The van der Waals surface area contributed by atoms with Crippen molar-refractivity contribution < 1.29 is 52.7 Å². The van der Waals surface area contributed by atoms with Crippen molar-refractivity contribution in [2.45, 2.75) is 543 Å². The van der Waals surface area contributed by atoms with Crippen LogP contribution >= 0.6 is 0 Å². The number of amides is 6. The summed E-state index contributed by atoms with van der Waals surface area (Å²) in [6, 6.07) is 1.58. The minimum Gasteiger partial charge on any atom is -0.356 e. The van der Waals surface area contributed by atoms with E-state index < -0.39 is 12.0 Å². The van der Waals surface area contributed by atoms with Crippen molar-refractivity contribution in [2.24, 2.45) is 53.3 Å². The van der Waals surface area contributed by atoms with Crippen LogP contribution in [-0.2, 0) is 52.7 Å². The standard InChI is InChI=1S/C35H68N4O4.C30H60N4O3.C25H51N3O2.C20H40N2O2/c1-26(2)17-9-11-21-33(41)37-24-16-14-20-31(39-34(42)22-12-10-18-27(3)4)32(40)25-30(35(43)38-29(7)8)19-13-15-23-36-28(5)6;1-22(2)15-9-10-18-29(36)32-20-14-12-17-27(33-24(5)6)28(35)21-26(30(37)34-25(7)8)16-11-13-19-31-23(3)4;1-18(2)25(30)22(13-9-11-15-26-19(3)4)17-24(29)23(28-21(7)8)14-10-12-16-27-20(5)6;1-15(2)11-7-8-13-19(23)21-14-10-9-12-18(22-17(5)6)20(24)16(3)4/h26-31,36H,9-25H2,1-8H3,(H,37,41)(H,38,43)(H,39,42);22-27,31,33H,9-21H2,1-8H3,(H,32,36)(H,34,37);18-23,26-28H,9-17H2,1-8H3;15-18,22H,7-14H2,1-6H3,(H,21,23). The highest BCUT2D eigenvalue weighted by atomic mass is 16.2. The molecule has 7 atom stereocenters. The molecule has 0 bridgehead atoms. The second kappa shape index (κ2) is 87.0. The normalized spacial score (nSPS) is 13.4. The predicted molar refractivity (Wildman–Crippen MR) is 565 cm³/mol. The first-order valence-corrected chi connectivity index (χ1v) is 54.6. The van der Waals surface area contributed by atoms with Crippen molar-refractivity contribution in [1.82, 2.24) is 69.1 Å². The minimum atomic E-state index is -0.610. The Kier molecular flexibility index (Phi) is 87.7. The van der Waals surface area contributed by atoms with Gasteiger partial charge in [0.05, 0.1) is 24.2 Å². The molecule has 24 heteroatoms. The van der Waals surface area contributed by atoms with Crippen LogP contribution in [0.25, 0.3) is 0 Å². The van der Waals surface area contributed by atoms with E-state index in [9.17, 15) is 52.7 Å². The van der Waals surface area contributed by atoms with E-state index in [0.717, 1.165) is 206 Å². The van der Waals surface area contributed by atoms with Gasteiger partial charge < -0.3 is 69.1 Å². The molecule has 790 valence electrons. The molecule has 0 aromatic rings. The molecule has 0 heterocycles. The maximum absolute atomic E-state index is 13.6. The molecule has 0 saturated heterocycles. The fourth-order valence-electron chi connectivity index (χ4n) is 15.9. The molecule has 13 N–H and O–H groups in total. The lowest BCUT2D eigenvalue weighted by Crippen LogP contribution is -2.43. The molecule has 24 nitrogen and oxygen atoms in total. The van der Waals surface area contributed by atoms with Crippen LogP contribution in [0, 0.1) is 53.3 Å². The van der Waals surface area contributed by atoms with E-state index in [1.165, 1.54) is 12.8 Å². The lowest BCUT2D eigenvalue weighted by molar-refractivity contribution is -0.132. The van der Waals surface area contributed by atoms with Crippen molar-refractivity contribution in [2.75, 3.05) is 45.8 Å². The van der Waals surface area contributed by atoms with Crippen LogP contribution in [0.2, 0.25) is 0 Å². The minimum absolute atomic E-state index is 0.000496. The van der Waals surface area contributed by atoms with Gasteiger partial charge in [-0.15, -0.1) is 0 Å². The number of hydrogen-bond donors (Lipinski definition) is 13. The molecule has 0 fully saturated rings. The van der Waals surface area contributed by atoms with Gasteiger partial charge in [0.1, 0.15) is 11.6 Å². The van der Waals surface area contributed by atoms with Crippen LogP contribution in [0.1, 0.15) is 465 Å². The zero-order chi connectivity index (χ0) is 102. The number of hydrogen-bond acceptors (Lipinski definition) is 18. The fourth-order valence-corrected chi connectivity index (χ4v) is 15.9. The second-order valence-electron chi connectivity index (χ2n) is 43.8. The number of carbonyl (C=O) groups excluding carboxylic acids is 11. The molecule has 0 saturated carbocycles. The van der Waals surface area contributed by atoms with Gasteiger partial charge in [0.15, 0.2) is 17.3 Å². The second-order valence-corrected chi connectivity index (χ2v) is 43.8. The van der Waals surface area contributed by atoms with Gasteiger partial charge in [-0.3, -0.25) is 52.7 Å². The van der Waals surface area contributed by atoms with Gasteiger partial charge in [0, 0.05) is 149 Å². The lowest BCUT2D eigenvalue weighted by atomic mass is 9.85. The Labute approximate surface area is 823 Å². The Hall–Kier alpha value is -5.11. The smallest absolute Gasteiger partial charge is 0.223 e. The van der Waals surface area contributed by atoms with Crippen LogP contribution in [0.5, 0.6) is 0 Å². The average molecular weight is 1900 g/mol. The van der Waals surface area contributed by atoms with Crippen molar-refractivity contribution >= 4 is 64.4 Å². The molecule has 0 spiro atoms. The number of rotatable bonds is 83. The zero-order valence-electron chi connectivity index (χ0n) is 92.4. The molecule has 0 aliphatic heterocycles. The molecule has 0 rings (SSSR count). The van der Waals surface area contributed by atoms with E-state index in [1.54, 1.807) is 0 Å². The number of unbranched alkanes of at least 4 members (excludes halogenated alkanes) is 11. The Balaban J connectivity index is -0.000000858. The van der Waals surface area contributed by atoms with Crippen LogP contribution in [-0.4, -0.2) is 189 Å². The topological polar surface area (TPSA) is 344 Å². The Morgan fingerprint density at radius 2 is 0.425 bits per heavy atom. The third-order valence-electron chi connectivity index (χ3n) is 23.5. The third kappa shape index (κ3) is 88.3. The van der Waals surface area contributed by atoms with Crippen molar-refractivity contribution in [1.29, 1.82) is 0 Å². The maximum atomic E-state index is 13.6. The molecule has 134 heavy (non-hydrogen) atoms. The van der Waals surface area contributed by atoms with Gasteiger partial charge in [-0.1, -0.05) is 257 Å². The number of carbonyl (C=O) groups is 11. The van der Waals surface area contributed by atoms with Gasteiger partial charge >= 0.3 is 0 Å². The van der Waals surface area contributed by atoms with E-state index in [1.807, 2.05) is 69.2 Å². The molecule has 0 aliphatic rings. The van der Waals surface area contributed by atoms with Crippen LogP contribution in [0.3, 0.4) is 0 Å². The molecule has 6 amide bonds. The number of ketones is 5. The zero-order valence-corrected chi connectivity index (χ0v) is 92.4. The SMILES string of the molecule is CC(C)CCCCC(=O)NCCCCC(NC(=O)CCCCC(C)C)C(=O)CC(CCCCNC(C)C)C(=O)NC(C)C.CC(C)CCCCC(=O)NCCCCC(NC(C)C)C(=O)C(C)C.CC(C)CCCCC(=O)NCCCCC(NC(C)C)C(=O)CC(CCCCNC(C)C)C(=O)NC(C)C.CC(C)NCCCCC(CC(=O)C(CCCCNC(C)C)NC(C)C)C(=O)C(C)C. The van der Waals surface area contributed by atoms with Gasteiger partial charge in [0.2, 0.25) is 35.4 Å². The molecule has 7 unspecified atom stereocenters. The fraction of sp³-hybridized carbons (Fsp3) is 0.900. The third-order valence-corrected chi connectivity index (χ3v) is 23.5. The first-order valence-electron chi connectivity index (χ1n) is 54.6. The summed E-state index contributed by atoms with van der Waals surface area (Å²) in [6.07, 6.45) is 33.4. The number of Topliss-reactive ketones (excluding diaryl/α,β-unsaturated/α-hetero) is 5. The van der Waals surface area contributed by atoms with E-state index >= 15 is 0 Å². The summed E-state index contributed by atoms with van der Waals surface area (Å²) in [6.45, 7) is 68.3. The molecule has 0 aliphatic carbocycles. The Bertz CT molecular complexity index is 2950. The van der Waals surface area contributed by atoms with Crippen LogP contribution in [0.15, 0.2) is 0 Å².